The summed E-state index contributed by atoms with van der Waals surface area (Å²) in [7, 11) is 0. The highest BCUT2D eigenvalue weighted by atomic mass is 16.5. The Morgan fingerprint density at radius 3 is 2.71 bits per heavy atom. The first-order chi connectivity index (χ1) is 10.0. The van der Waals surface area contributed by atoms with Crippen LogP contribution in [0.15, 0.2) is 24.3 Å². The van der Waals surface area contributed by atoms with E-state index in [0.29, 0.717) is 6.61 Å². The zero-order valence-corrected chi connectivity index (χ0v) is 13.3. The summed E-state index contributed by atoms with van der Waals surface area (Å²) in [4.78, 5) is 14.5. The summed E-state index contributed by atoms with van der Waals surface area (Å²) in [5.41, 5.74) is 0.748. The first-order valence-corrected chi connectivity index (χ1v) is 7.75. The predicted octanol–water partition coefficient (Wildman–Crippen LogP) is 2.09. The van der Waals surface area contributed by atoms with Crippen molar-refractivity contribution < 1.29 is 9.53 Å². The van der Waals surface area contributed by atoms with Crippen LogP contribution in [0.5, 0.6) is 5.75 Å². The second kappa shape index (κ2) is 6.94. The zero-order chi connectivity index (χ0) is 15.3. The molecule has 1 aliphatic heterocycles. The molecule has 1 saturated heterocycles. The van der Waals surface area contributed by atoms with Gasteiger partial charge < -0.3 is 15.0 Å². The molecule has 0 saturated carbocycles. The Morgan fingerprint density at radius 1 is 1.33 bits per heavy atom. The van der Waals surface area contributed by atoms with Crippen LogP contribution in [0.1, 0.15) is 26.3 Å². The minimum Gasteiger partial charge on any atom is -0.492 e. The van der Waals surface area contributed by atoms with Crippen LogP contribution in [-0.4, -0.2) is 43.6 Å². The molecule has 1 aromatic rings. The van der Waals surface area contributed by atoms with Crippen molar-refractivity contribution in [2.24, 2.45) is 5.41 Å². The number of nitrogens with zero attached hydrogens (tertiary/aromatic N) is 1. The molecule has 0 radical (unpaired) electrons. The molecule has 116 valence electrons. The normalized spacial score (nSPS) is 15.9. The summed E-state index contributed by atoms with van der Waals surface area (Å²) in [6.45, 7) is 9.77. The number of benzene rings is 1. The first-order valence-electron chi connectivity index (χ1n) is 7.75. The molecule has 0 aliphatic carbocycles. The van der Waals surface area contributed by atoms with Crippen LogP contribution < -0.4 is 10.1 Å². The molecular weight excluding hydrogens is 264 g/mol. The van der Waals surface area contributed by atoms with Gasteiger partial charge in [-0.15, -0.1) is 0 Å². The monoisotopic (exact) mass is 290 g/mol. The number of aryl methyl sites for hydroxylation is 1. The van der Waals surface area contributed by atoms with Crippen molar-refractivity contribution >= 4 is 5.91 Å². The second-order valence-corrected chi connectivity index (χ2v) is 6.22. The lowest BCUT2D eigenvalue weighted by Crippen LogP contribution is -2.51. The number of hydrogen-bond acceptors (Lipinski definition) is 3. The van der Waals surface area contributed by atoms with Crippen molar-refractivity contribution in [3.63, 3.8) is 0 Å². The van der Waals surface area contributed by atoms with Crippen LogP contribution in [0.25, 0.3) is 0 Å². The van der Waals surface area contributed by atoms with Crippen LogP contribution in [0, 0.1) is 5.41 Å². The second-order valence-electron chi connectivity index (χ2n) is 6.22. The van der Waals surface area contributed by atoms with Crippen molar-refractivity contribution in [2.45, 2.75) is 27.2 Å². The molecule has 4 heteroatoms. The van der Waals surface area contributed by atoms with Crippen molar-refractivity contribution in [3.05, 3.63) is 29.8 Å². The molecule has 1 heterocycles. The van der Waals surface area contributed by atoms with Crippen molar-refractivity contribution in [1.29, 1.82) is 0 Å². The largest absolute Gasteiger partial charge is 0.492 e. The van der Waals surface area contributed by atoms with Gasteiger partial charge in [0.2, 0.25) is 5.91 Å². The van der Waals surface area contributed by atoms with E-state index in [4.69, 9.17) is 4.74 Å². The van der Waals surface area contributed by atoms with Crippen LogP contribution in [-0.2, 0) is 11.2 Å². The lowest BCUT2D eigenvalue weighted by molar-refractivity contribution is -0.142. The van der Waals surface area contributed by atoms with Crippen LogP contribution >= 0.6 is 0 Å². The van der Waals surface area contributed by atoms with Crippen molar-refractivity contribution in [3.8, 4) is 5.75 Å². The highest BCUT2D eigenvalue weighted by Crippen LogP contribution is 2.22. The Kier molecular flexibility index (Phi) is 5.23. The van der Waals surface area contributed by atoms with Crippen molar-refractivity contribution in [2.75, 3.05) is 32.8 Å². The number of piperazine rings is 1. The molecule has 0 unspecified atom stereocenters. The van der Waals surface area contributed by atoms with Crippen molar-refractivity contribution in [1.82, 2.24) is 10.2 Å². The van der Waals surface area contributed by atoms with Gasteiger partial charge in [-0.25, -0.2) is 0 Å². The molecule has 1 fully saturated rings. The van der Waals surface area contributed by atoms with E-state index in [9.17, 15) is 4.79 Å². The van der Waals surface area contributed by atoms with Gasteiger partial charge in [0.1, 0.15) is 12.4 Å². The number of rotatable bonds is 5. The van der Waals surface area contributed by atoms with E-state index in [1.807, 2.05) is 36.9 Å². The Morgan fingerprint density at radius 2 is 2.05 bits per heavy atom. The molecule has 21 heavy (non-hydrogen) atoms. The smallest absolute Gasteiger partial charge is 0.231 e. The average Bonchev–Trinajstić information content (AvgIpc) is 2.53. The van der Waals surface area contributed by atoms with Gasteiger partial charge in [-0.3, -0.25) is 4.79 Å². The Balaban J connectivity index is 1.94. The quantitative estimate of drug-likeness (QED) is 0.903. The Hall–Kier alpha value is -1.55. The van der Waals surface area contributed by atoms with Gasteiger partial charge in [0, 0.05) is 26.2 Å². The summed E-state index contributed by atoms with van der Waals surface area (Å²) in [5, 5.41) is 3.27. The maximum Gasteiger partial charge on any atom is 0.231 e. The standard InChI is InChI=1S/C17H26N2O2/c1-4-14-6-5-7-15(12-14)21-13-17(2,3)16(20)19-10-8-18-9-11-19/h5-7,12,18H,4,8-11,13H2,1-3H3. The topological polar surface area (TPSA) is 41.6 Å². The molecule has 0 atom stereocenters. The third kappa shape index (κ3) is 4.21. The van der Waals surface area contributed by atoms with Gasteiger partial charge in [-0.2, -0.15) is 0 Å². The van der Waals surface area contributed by atoms with E-state index in [-0.39, 0.29) is 5.91 Å². The number of hydrogen-bond donors (Lipinski definition) is 1. The molecule has 2 rings (SSSR count). The fourth-order valence-corrected chi connectivity index (χ4v) is 2.48. The number of nitrogens with one attached hydrogen (secondary N) is 1. The number of carbonyl (C=O) groups excluding carboxylic acids is 1. The van der Waals surface area contributed by atoms with Gasteiger partial charge in [0.15, 0.2) is 0 Å². The van der Waals surface area contributed by atoms with Crippen LogP contribution in [0.2, 0.25) is 0 Å². The maximum absolute atomic E-state index is 12.6. The Bertz CT molecular complexity index is 479. The minimum absolute atomic E-state index is 0.177. The average molecular weight is 290 g/mol. The van der Waals surface area contributed by atoms with Gasteiger partial charge >= 0.3 is 0 Å². The van der Waals surface area contributed by atoms with E-state index >= 15 is 0 Å². The van der Waals surface area contributed by atoms with E-state index < -0.39 is 5.41 Å². The highest BCUT2D eigenvalue weighted by molar-refractivity contribution is 5.82. The predicted molar refractivity (Wildman–Crippen MR) is 84.5 cm³/mol. The summed E-state index contributed by atoms with van der Waals surface area (Å²) in [6.07, 6.45) is 0.986. The minimum atomic E-state index is -0.500. The van der Waals surface area contributed by atoms with E-state index in [0.717, 1.165) is 38.3 Å². The van der Waals surface area contributed by atoms with E-state index in [2.05, 4.69) is 18.3 Å². The molecule has 0 spiro atoms. The summed E-state index contributed by atoms with van der Waals surface area (Å²) < 4.78 is 5.86. The van der Waals surface area contributed by atoms with Gasteiger partial charge in [0.25, 0.3) is 0 Å². The fourth-order valence-electron chi connectivity index (χ4n) is 2.48. The number of amides is 1. The molecule has 1 aliphatic rings. The lowest BCUT2D eigenvalue weighted by atomic mass is 9.92. The SMILES string of the molecule is CCc1cccc(OCC(C)(C)C(=O)N2CCNCC2)c1. The fraction of sp³-hybridized carbons (Fsp3) is 0.588. The maximum atomic E-state index is 12.6. The first kappa shape index (κ1) is 15.8. The van der Waals surface area contributed by atoms with Crippen LogP contribution in [0.4, 0.5) is 0 Å². The summed E-state index contributed by atoms with van der Waals surface area (Å²) in [5.74, 6) is 1.02. The third-order valence-corrected chi connectivity index (χ3v) is 3.89. The summed E-state index contributed by atoms with van der Waals surface area (Å²) in [6, 6.07) is 8.08. The molecule has 0 bridgehead atoms. The zero-order valence-electron chi connectivity index (χ0n) is 13.3. The van der Waals surface area contributed by atoms with Gasteiger partial charge in [-0.05, 0) is 38.0 Å². The summed E-state index contributed by atoms with van der Waals surface area (Å²) >= 11 is 0. The van der Waals surface area contributed by atoms with Crippen LogP contribution in [0.3, 0.4) is 0 Å². The third-order valence-electron chi connectivity index (χ3n) is 3.89. The number of carbonyl (C=O) groups is 1. The Labute approximate surface area is 127 Å². The van der Waals surface area contributed by atoms with E-state index in [1.54, 1.807) is 0 Å². The highest BCUT2D eigenvalue weighted by Gasteiger charge is 2.33. The molecular formula is C17H26N2O2. The van der Waals surface area contributed by atoms with Gasteiger partial charge in [-0.1, -0.05) is 19.1 Å². The molecule has 1 aromatic carbocycles. The lowest BCUT2D eigenvalue weighted by Gasteiger charge is -2.34. The van der Waals surface area contributed by atoms with Gasteiger partial charge in [0.05, 0.1) is 5.41 Å². The number of ether oxygens (including phenoxy) is 1. The molecule has 4 nitrogen and oxygen atoms in total. The van der Waals surface area contributed by atoms with E-state index in [1.165, 1.54) is 5.56 Å². The molecule has 1 N–H and O–H groups in total. The molecule has 0 aromatic heterocycles. The molecule has 1 amide bonds.